The van der Waals surface area contributed by atoms with E-state index in [4.69, 9.17) is 23.7 Å². The largest absolute Gasteiger partial charge is 0.494 e. The van der Waals surface area contributed by atoms with Crippen LogP contribution >= 0.6 is 0 Å². The Kier molecular flexibility index (Phi) is 10.7. The van der Waals surface area contributed by atoms with Crippen LogP contribution < -0.4 is 14.4 Å². The minimum Gasteiger partial charge on any atom is -0.494 e. The summed E-state index contributed by atoms with van der Waals surface area (Å²) in [6, 6.07) is 13.6. The Bertz CT molecular complexity index is 1050. The standard InChI is InChI=1S/C29H40N2O8/c1-35-13-3-11-30-12-16-38-26-10-5-21(17-24(26)30)20-39-27-19-31(29(33)34)18-25(32)28(27)22-6-8-23(9-7-22)37-15-4-14-36-2/h5-10,17,25,27-28,32H,3-4,11-16,18-20H2,1-2H3,(H,33,34)/t25-,27+,28+/m1/s1. The molecular formula is C29H40N2O8. The highest BCUT2D eigenvalue weighted by Gasteiger charge is 2.39. The van der Waals surface area contributed by atoms with Crippen molar-refractivity contribution in [2.24, 2.45) is 0 Å². The van der Waals surface area contributed by atoms with E-state index in [-0.39, 0.29) is 25.6 Å². The smallest absolute Gasteiger partial charge is 0.407 e. The number of rotatable bonds is 13. The molecule has 0 saturated carbocycles. The van der Waals surface area contributed by atoms with E-state index in [0.717, 1.165) is 54.2 Å². The molecule has 1 fully saturated rings. The van der Waals surface area contributed by atoms with Gasteiger partial charge >= 0.3 is 6.09 Å². The molecule has 2 aromatic rings. The van der Waals surface area contributed by atoms with Gasteiger partial charge in [-0.25, -0.2) is 4.79 Å². The minimum absolute atomic E-state index is 0.0295. The van der Waals surface area contributed by atoms with E-state index >= 15 is 0 Å². The van der Waals surface area contributed by atoms with E-state index in [9.17, 15) is 15.0 Å². The number of aliphatic hydroxyl groups excluding tert-OH is 1. The third kappa shape index (κ3) is 7.76. The Morgan fingerprint density at radius 2 is 1.79 bits per heavy atom. The van der Waals surface area contributed by atoms with Gasteiger partial charge in [0.2, 0.25) is 0 Å². The number of amides is 1. The van der Waals surface area contributed by atoms with Crippen LogP contribution in [0.2, 0.25) is 0 Å². The number of piperidine rings is 1. The Balaban J connectivity index is 1.46. The summed E-state index contributed by atoms with van der Waals surface area (Å²) in [6.07, 6.45) is -0.788. The molecule has 0 spiro atoms. The first-order chi connectivity index (χ1) is 19.0. The first-order valence-corrected chi connectivity index (χ1v) is 13.5. The molecule has 0 aliphatic carbocycles. The van der Waals surface area contributed by atoms with Crippen molar-refractivity contribution in [2.75, 3.05) is 71.7 Å². The van der Waals surface area contributed by atoms with Crippen LogP contribution in [0.4, 0.5) is 10.5 Å². The van der Waals surface area contributed by atoms with Gasteiger partial charge in [0.1, 0.15) is 18.1 Å². The van der Waals surface area contributed by atoms with Gasteiger partial charge in [-0.3, -0.25) is 0 Å². The molecule has 2 heterocycles. The SMILES string of the molecule is COCCCOc1ccc([C@H]2[C@H](O)CN(C(=O)O)C[C@@H]2OCc2ccc3c(c2)N(CCCOC)CCO3)cc1. The fourth-order valence-electron chi connectivity index (χ4n) is 5.16. The molecule has 10 heteroatoms. The highest BCUT2D eigenvalue weighted by atomic mass is 16.5. The number of carbonyl (C=O) groups is 1. The number of anilines is 1. The zero-order chi connectivity index (χ0) is 27.6. The average molecular weight is 545 g/mol. The Morgan fingerprint density at radius 1 is 1.03 bits per heavy atom. The molecule has 4 rings (SSSR count). The molecular weight excluding hydrogens is 504 g/mol. The first kappa shape index (κ1) is 28.9. The molecule has 39 heavy (non-hydrogen) atoms. The van der Waals surface area contributed by atoms with Crippen LogP contribution in [0.1, 0.15) is 29.9 Å². The van der Waals surface area contributed by atoms with Gasteiger partial charge in [-0.15, -0.1) is 0 Å². The summed E-state index contributed by atoms with van der Waals surface area (Å²) in [4.78, 5) is 15.3. The monoisotopic (exact) mass is 544 g/mol. The lowest BCUT2D eigenvalue weighted by Gasteiger charge is -2.40. The highest BCUT2D eigenvalue weighted by Crippen LogP contribution is 2.35. The lowest BCUT2D eigenvalue weighted by molar-refractivity contribution is -0.0660. The molecule has 10 nitrogen and oxygen atoms in total. The van der Waals surface area contributed by atoms with Gasteiger partial charge in [-0.2, -0.15) is 0 Å². The molecule has 2 aromatic carbocycles. The van der Waals surface area contributed by atoms with Crippen molar-refractivity contribution in [3.63, 3.8) is 0 Å². The van der Waals surface area contributed by atoms with Crippen LogP contribution in [-0.4, -0.2) is 100 Å². The van der Waals surface area contributed by atoms with Crippen LogP contribution in [-0.2, 0) is 20.8 Å². The number of ether oxygens (including phenoxy) is 5. The maximum absolute atomic E-state index is 11.8. The molecule has 2 N–H and O–H groups in total. The van der Waals surface area contributed by atoms with E-state index in [1.54, 1.807) is 14.2 Å². The predicted molar refractivity (Wildman–Crippen MR) is 146 cm³/mol. The number of fused-ring (bicyclic) bond motifs is 1. The van der Waals surface area contributed by atoms with Crippen molar-refractivity contribution in [1.82, 2.24) is 4.90 Å². The summed E-state index contributed by atoms with van der Waals surface area (Å²) in [5.41, 5.74) is 2.85. The number of benzene rings is 2. The lowest BCUT2D eigenvalue weighted by Crippen LogP contribution is -2.53. The molecule has 0 bridgehead atoms. The third-order valence-corrected chi connectivity index (χ3v) is 7.14. The molecule has 1 saturated heterocycles. The number of hydrogen-bond donors (Lipinski definition) is 2. The van der Waals surface area contributed by atoms with Gasteiger partial charge in [0.05, 0.1) is 50.7 Å². The molecule has 2 aliphatic heterocycles. The molecule has 0 aromatic heterocycles. The van der Waals surface area contributed by atoms with Crippen LogP contribution in [0.25, 0.3) is 0 Å². The maximum atomic E-state index is 11.8. The summed E-state index contributed by atoms with van der Waals surface area (Å²) in [5, 5.41) is 20.6. The number of hydrogen-bond acceptors (Lipinski definition) is 8. The fourth-order valence-corrected chi connectivity index (χ4v) is 5.16. The summed E-state index contributed by atoms with van der Waals surface area (Å²) in [6.45, 7) is 4.67. The van der Waals surface area contributed by atoms with Crippen molar-refractivity contribution < 1.29 is 38.7 Å². The number of aliphatic hydroxyl groups is 1. The third-order valence-electron chi connectivity index (χ3n) is 7.14. The Labute approximate surface area is 230 Å². The lowest BCUT2D eigenvalue weighted by atomic mass is 9.84. The Morgan fingerprint density at radius 3 is 2.54 bits per heavy atom. The van der Waals surface area contributed by atoms with Gasteiger partial charge in [-0.1, -0.05) is 18.2 Å². The number of nitrogens with zero attached hydrogens (tertiary/aromatic N) is 2. The second-order valence-corrected chi connectivity index (χ2v) is 9.88. The van der Waals surface area contributed by atoms with E-state index in [1.807, 2.05) is 36.4 Å². The van der Waals surface area contributed by atoms with Crippen molar-refractivity contribution in [3.05, 3.63) is 53.6 Å². The maximum Gasteiger partial charge on any atom is 0.407 e. The number of likely N-dealkylation sites (tertiary alicyclic amines) is 1. The second kappa shape index (κ2) is 14.4. The molecule has 214 valence electrons. The van der Waals surface area contributed by atoms with Gasteiger partial charge in [0.25, 0.3) is 0 Å². The van der Waals surface area contributed by atoms with Gasteiger partial charge in [0.15, 0.2) is 0 Å². The summed E-state index contributed by atoms with van der Waals surface area (Å²) >= 11 is 0. The quantitative estimate of drug-likeness (QED) is 0.367. The first-order valence-electron chi connectivity index (χ1n) is 13.5. The van der Waals surface area contributed by atoms with Crippen molar-refractivity contribution in [3.8, 4) is 11.5 Å². The van der Waals surface area contributed by atoms with Crippen molar-refractivity contribution in [2.45, 2.75) is 37.6 Å². The van der Waals surface area contributed by atoms with E-state index in [1.165, 1.54) is 4.90 Å². The van der Waals surface area contributed by atoms with E-state index in [0.29, 0.717) is 26.4 Å². The minimum atomic E-state index is -1.07. The number of β-amino-alcohol motifs (C(OH)–C–C–N with tert-alkyl or cyclic N) is 1. The van der Waals surface area contributed by atoms with Gasteiger partial charge in [0, 0.05) is 46.3 Å². The Hall–Kier alpha value is -3.05. The molecule has 3 atom stereocenters. The highest BCUT2D eigenvalue weighted by molar-refractivity contribution is 5.65. The fraction of sp³-hybridized carbons (Fsp3) is 0.552. The summed E-state index contributed by atoms with van der Waals surface area (Å²) in [7, 11) is 3.36. The van der Waals surface area contributed by atoms with Crippen LogP contribution in [0.15, 0.2) is 42.5 Å². The summed E-state index contributed by atoms with van der Waals surface area (Å²) < 4.78 is 28.2. The van der Waals surface area contributed by atoms with E-state index < -0.39 is 18.3 Å². The molecule has 0 unspecified atom stereocenters. The molecule has 2 aliphatic rings. The normalized spacial score (nSPS) is 20.8. The van der Waals surface area contributed by atoms with Crippen molar-refractivity contribution >= 4 is 11.8 Å². The van der Waals surface area contributed by atoms with Crippen LogP contribution in [0.3, 0.4) is 0 Å². The second-order valence-electron chi connectivity index (χ2n) is 9.88. The molecule has 1 amide bonds. The van der Waals surface area contributed by atoms with Crippen molar-refractivity contribution in [1.29, 1.82) is 0 Å². The zero-order valence-corrected chi connectivity index (χ0v) is 22.8. The molecule has 0 radical (unpaired) electrons. The van der Waals surface area contributed by atoms with Crippen LogP contribution in [0, 0.1) is 0 Å². The van der Waals surface area contributed by atoms with E-state index in [2.05, 4.69) is 11.0 Å². The van der Waals surface area contributed by atoms with Crippen LogP contribution in [0.5, 0.6) is 11.5 Å². The zero-order valence-electron chi connectivity index (χ0n) is 22.8. The predicted octanol–water partition coefficient (Wildman–Crippen LogP) is 3.36. The van der Waals surface area contributed by atoms with Gasteiger partial charge < -0.3 is 43.7 Å². The van der Waals surface area contributed by atoms with Gasteiger partial charge in [-0.05, 0) is 41.8 Å². The number of carboxylic acid groups (broad SMARTS) is 1. The summed E-state index contributed by atoms with van der Waals surface area (Å²) in [5.74, 6) is 1.20. The average Bonchev–Trinajstić information content (AvgIpc) is 2.94. The topological polar surface area (TPSA) is 110 Å². The number of methoxy groups -OCH3 is 2.